The minimum absolute atomic E-state index is 0.125. The van der Waals surface area contributed by atoms with Crippen LogP contribution < -0.4 is 4.74 Å². The number of Topliss-reactive ketones (excluding diaryl/α,β-unsaturated/α-hetero) is 2. The van der Waals surface area contributed by atoms with Crippen LogP contribution in [0.25, 0.3) is 0 Å². The summed E-state index contributed by atoms with van der Waals surface area (Å²) < 4.78 is 10.7. The zero-order valence-corrected chi connectivity index (χ0v) is 18.3. The maximum absolute atomic E-state index is 12.4. The molecule has 0 saturated heterocycles. The Hall–Kier alpha value is -2.60. The molecule has 0 unspecified atom stereocenters. The number of hydrogen-bond acceptors (Lipinski definition) is 5. The summed E-state index contributed by atoms with van der Waals surface area (Å²) in [6, 6.07) is 3.61. The minimum atomic E-state index is -0.659. The molecule has 0 radical (unpaired) electrons. The number of nitrogens with one attached hydrogen (secondary N) is 1. The van der Waals surface area contributed by atoms with Gasteiger partial charge in [-0.3, -0.25) is 9.59 Å². The van der Waals surface area contributed by atoms with Gasteiger partial charge in [-0.05, 0) is 62.4 Å². The lowest BCUT2D eigenvalue weighted by Gasteiger charge is -2.15. The number of rotatable bonds is 8. The number of carbonyl (C=O) groups is 3. The molecular formula is C22H26ClNO5. The molecular weight excluding hydrogens is 394 g/mol. The van der Waals surface area contributed by atoms with Gasteiger partial charge < -0.3 is 14.5 Å². The quantitative estimate of drug-likeness (QED) is 0.494. The molecule has 7 heteroatoms. The van der Waals surface area contributed by atoms with E-state index in [9.17, 15) is 14.4 Å². The van der Waals surface area contributed by atoms with E-state index in [1.165, 1.54) is 6.92 Å². The van der Waals surface area contributed by atoms with Crippen molar-refractivity contribution in [2.45, 2.75) is 47.5 Å². The first-order chi connectivity index (χ1) is 13.5. The predicted molar refractivity (Wildman–Crippen MR) is 111 cm³/mol. The molecule has 0 aliphatic heterocycles. The molecule has 156 valence electrons. The molecule has 2 rings (SSSR count). The average Bonchev–Trinajstić information content (AvgIpc) is 2.94. The number of H-pyrrole nitrogens is 1. The Labute approximate surface area is 175 Å². The second-order valence-electron chi connectivity index (χ2n) is 7.35. The lowest BCUT2D eigenvalue weighted by Crippen LogP contribution is -2.20. The highest BCUT2D eigenvalue weighted by molar-refractivity contribution is 6.31. The number of carbonyl (C=O) groups excluding carboxylic acids is 3. The number of aryl methyl sites for hydroxylation is 2. The van der Waals surface area contributed by atoms with Crippen molar-refractivity contribution >= 4 is 29.1 Å². The number of ketones is 2. The molecule has 0 spiro atoms. The number of hydrogen-bond donors (Lipinski definition) is 1. The van der Waals surface area contributed by atoms with E-state index in [0.29, 0.717) is 27.6 Å². The zero-order chi connectivity index (χ0) is 21.9. The van der Waals surface area contributed by atoms with Crippen molar-refractivity contribution in [3.63, 3.8) is 0 Å². The van der Waals surface area contributed by atoms with Gasteiger partial charge in [-0.15, -0.1) is 0 Å². The number of ether oxygens (including phenoxy) is 2. The summed E-state index contributed by atoms with van der Waals surface area (Å²) in [4.78, 5) is 39.0. The molecule has 1 aromatic carbocycles. The summed E-state index contributed by atoms with van der Waals surface area (Å²) in [5, 5.41) is 0.635. The monoisotopic (exact) mass is 419 g/mol. The van der Waals surface area contributed by atoms with E-state index in [1.807, 2.05) is 26.8 Å². The van der Waals surface area contributed by atoms with Crippen LogP contribution in [0.5, 0.6) is 5.75 Å². The molecule has 1 N–H and O–H groups in total. The lowest BCUT2D eigenvalue weighted by molar-refractivity contribution is -0.144. The van der Waals surface area contributed by atoms with Crippen LogP contribution in [-0.4, -0.2) is 35.7 Å². The Kier molecular flexibility index (Phi) is 7.25. The molecule has 0 aliphatic rings. The van der Waals surface area contributed by atoms with Gasteiger partial charge in [0.05, 0.1) is 5.69 Å². The van der Waals surface area contributed by atoms with Crippen LogP contribution in [0.3, 0.4) is 0 Å². The molecule has 1 heterocycles. The topological polar surface area (TPSA) is 85.5 Å². The number of aromatic nitrogens is 1. The normalized spacial score (nSPS) is 10.9. The minimum Gasteiger partial charge on any atom is -0.482 e. The second-order valence-corrected chi connectivity index (χ2v) is 7.75. The first-order valence-corrected chi connectivity index (χ1v) is 9.72. The number of benzene rings is 1. The molecule has 0 atom stereocenters. The summed E-state index contributed by atoms with van der Waals surface area (Å²) in [5.74, 6) is -0.465. The maximum atomic E-state index is 12.4. The third-order valence-electron chi connectivity index (χ3n) is 4.69. The van der Waals surface area contributed by atoms with Gasteiger partial charge in [0.2, 0.25) is 5.78 Å². The van der Waals surface area contributed by atoms with Gasteiger partial charge in [0.15, 0.2) is 19.0 Å². The number of aromatic amines is 1. The molecule has 6 nitrogen and oxygen atoms in total. The Morgan fingerprint density at radius 1 is 1.10 bits per heavy atom. The fourth-order valence-corrected chi connectivity index (χ4v) is 3.37. The summed E-state index contributed by atoms with van der Waals surface area (Å²) in [6.07, 6.45) is 0. The van der Waals surface area contributed by atoms with E-state index in [-0.39, 0.29) is 24.0 Å². The van der Waals surface area contributed by atoms with Crippen molar-refractivity contribution in [1.29, 1.82) is 0 Å². The molecule has 0 saturated carbocycles. The number of halogens is 1. The highest BCUT2D eigenvalue weighted by Crippen LogP contribution is 2.32. The van der Waals surface area contributed by atoms with Gasteiger partial charge in [-0.25, -0.2) is 4.79 Å². The van der Waals surface area contributed by atoms with Gasteiger partial charge in [0, 0.05) is 16.3 Å². The van der Waals surface area contributed by atoms with Crippen LogP contribution in [0.2, 0.25) is 5.02 Å². The Balaban J connectivity index is 1.99. The third-order valence-corrected chi connectivity index (χ3v) is 5.10. The van der Waals surface area contributed by atoms with Crippen molar-refractivity contribution in [3.05, 3.63) is 50.8 Å². The predicted octanol–water partition coefficient (Wildman–Crippen LogP) is 4.72. The third kappa shape index (κ3) is 5.26. The Morgan fingerprint density at radius 3 is 2.31 bits per heavy atom. The van der Waals surface area contributed by atoms with Crippen molar-refractivity contribution in [2.75, 3.05) is 13.2 Å². The van der Waals surface area contributed by atoms with Crippen LogP contribution in [0, 0.1) is 20.8 Å². The maximum Gasteiger partial charge on any atom is 0.344 e. The van der Waals surface area contributed by atoms with E-state index >= 15 is 0 Å². The van der Waals surface area contributed by atoms with Gasteiger partial charge in [-0.2, -0.15) is 0 Å². The van der Waals surface area contributed by atoms with Crippen molar-refractivity contribution in [1.82, 2.24) is 4.98 Å². The molecule has 0 aliphatic carbocycles. The fourth-order valence-electron chi connectivity index (χ4n) is 3.20. The van der Waals surface area contributed by atoms with E-state index in [2.05, 4.69) is 4.98 Å². The Morgan fingerprint density at radius 2 is 1.76 bits per heavy atom. The van der Waals surface area contributed by atoms with E-state index in [1.54, 1.807) is 19.9 Å². The van der Waals surface area contributed by atoms with Crippen molar-refractivity contribution < 1.29 is 23.9 Å². The first kappa shape index (κ1) is 22.7. The van der Waals surface area contributed by atoms with E-state index < -0.39 is 18.4 Å². The standard InChI is InChI=1S/C22H26ClNO5/c1-11(2)16-8-17(23)12(3)7-19(16)28-10-20(27)29-9-18(26)22-13(4)21(15(6)25)14(5)24-22/h7-8,11,24H,9-10H2,1-6H3. The van der Waals surface area contributed by atoms with E-state index in [0.717, 1.165) is 11.1 Å². The molecule has 0 bridgehead atoms. The lowest BCUT2D eigenvalue weighted by atomic mass is 10.0. The highest BCUT2D eigenvalue weighted by atomic mass is 35.5. The molecule has 0 amide bonds. The SMILES string of the molecule is CC(=O)c1c(C)[nH]c(C(=O)COC(=O)COc2cc(C)c(Cl)cc2C(C)C)c1C. The van der Waals surface area contributed by atoms with Crippen LogP contribution in [0.4, 0.5) is 0 Å². The summed E-state index contributed by atoms with van der Waals surface area (Å²) in [6.45, 7) is 9.95. The fraction of sp³-hybridized carbons (Fsp3) is 0.409. The average molecular weight is 420 g/mol. The van der Waals surface area contributed by atoms with Gasteiger partial charge in [0.1, 0.15) is 5.75 Å². The van der Waals surface area contributed by atoms with Gasteiger partial charge in [0.25, 0.3) is 0 Å². The second kappa shape index (κ2) is 9.27. The van der Waals surface area contributed by atoms with Crippen LogP contribution in [0.15, 0.2) is 12.1 Å². The van der Waals surface area contributed by atoms with Gasteiger partial charge >= 0.3 is 5.97 Å². The summed E-state index contributed by atoms with van der Waals surface area (Å²) in [5.41, 5.74) is 3.67. The zero-order valence-electron chi connectivity index (χ0n) is 17.6. The van der Waals surface area contributed by atoms with E-state index in [4.69, 9.17) is 21.1 Å². The molecule has 29 heavy (non-hydrogen) atoms. The van der Waals surface area contributed by atoms with Gasteiger partial charge in [-0.1, -0.05) is 25.4 Å². The number of esters is 1. The van der Waals surface area contributed by atoms with Crippen LogP contribution >= 0.6 is 11.6 Å². The van der Waals surface area contributed by atoms with Crippen LogP contribution in [-0.2, 0) is 9.53 Å². The molecule has 2 aromatic rings. The largest absolute Gasteiger partial charge is 0.482 e. The highest BCUT2D eigenvalue weighted by Gasteiger charge is 2.21. The first-order valence-electron chi connectivity index (χ1n) is 9.34. The van der Waals surface area contributed by atoms with Crippen LogP contribution in [0.1, 0.15) is 69.9 Å². The van der Waals surface area contributed by atoms with Crippen molar-refractivity contribution in [2.24, 2.45) is 0 Å². The summed E-state index contributed by atoms with van der Waals surface area (Å²) >= 11 is 6.17. The Bertz CT molecular complexity index is 959. The molecule has 1 aromatic heterocycles. The summed E-state index contributed by atoms with van der Waals surface area (Å²) in [7, 11) is 0. The molecule has 0 fully saturated rings. The smallest absolute Gasteiger partial charge is 0.344 e. The van der Waals surface area contributed by atoms with Crippen molar-refractivity contribution in [3.8, 4) is 5.75 Å².